The van der Waals surface area contributed by atoms with E-state index >= 15 is 0 Å². The monoisotopic (exact) mass is 239 g/mol. The predicted octanol–water partition coefficient (Wildman–Crippen LogP) is 1.69. The fourth-order valence-electron chi connectivity index (χ4n) is 1.85. The predicted molar refractivity (Wildman–Crippen MR) is 57.7 cm³/mol. The van der Waals surface area contributed by atoms with Crippen LogP contribution in [0.15, 0.2) is 6.20 Å². The molecule has 1 fully saturated rings. The van der Waals surface area contributed by atoms with E-state index in [1.54, 1.807) is 0 Å². The molecule has 1 aromatic rings. The van der Waals surface area contributed by atoms with Crippen LogP contribution >= 0.6 is 0 Å². The molecule has 1 saturated heterocycles. The molecule has 0 aliphatic carbocycles. The van der Waals surface area contributed by atoms with Gasteiger partial charge >= 0.3 is 5.69 Å². The average Bonchev–Trinajstić information content (AvgIpc) is 2.75. The van der Waals surface area contributed by atoms with Crippen molar-refractivity contribution in [3.05, 3.63) is 22.0 Å². The van der Waals surface area contributed by atoms with Crippen molar-refractivity contribution < 1.29 is 14.5 Å². The van der Waals surface area contributed by atoms with Crippen LogP contribution in [0.5, 0.6) is 0 Å². The normalized spacial score (nSPS) is 20.2. The number of hydrogen-bond acceptors (Lipinski definition) is 5. The number of nitrogens with zero attached hydrogens (tertiary/aromatic N) is 3. The van der Waals surface area contributed by atoms with Gasteiger partial charge in [-0.15, -0.1) is 0 Å². The average molecular weight is 239 g/mol. The first-order chi connectivity index (χ1) is 8.09. The van der Waals surface area contributed by atoms with Gasteiger partial charge in [0.25, 0.3) is 0 Å². The standard InChI is InChI=1S/C10H13N3O4/c1-7(14)10-8(13(15)16)6-12(11-10)9-4-2-3-5-17-9/h6,9H,2-5H2,1H3. The Kier molecular flexibility index (Phi) is 3.19. The summed E-state index contributed by atoms with van der Waals surface area (Å²) in [6.45, 7) is 1.88. The third-order valence-corrected chi connectivity index (χ3v) is 2.69. The maximum Gasteiger partial charge on any atom is 0.318 e. The molecule has 0 amide bonds. The molecule has 1 aliphatic rings. The summed E-state index contributed by atoms with van der Waals surface area (Å²) < 4.78 is 6.84. The van der Waals surface area contributed by atoms with E-state index in [-0.39, 0.29) is 17.6 Å². The lowest BCUT2D eigenvalue weighted by Crippen LogP contribution is -2.18. The minimum Gasteiger partial charge on any atom is -0.357 e. The van der Waals surface area contributed by atoms with Gasteiger partial charge in [0.15, 0.2) is 5.78 Å². The molecule has 1 aliphatic heterocycles. The van der Waals surface area contributed by atoms with E-state index in [1.165, 1.54) is 17.8 Å². The largest absolute Gasteiger partial charge is 0.357 e. The van der Waals surface area contributed by atoms with Gasteiger partial charge in [-0.05, 0) is 19.3 Å². The van der Waals surface area contributed by atoms with Crippen molar-refractivity contribution in [1.29, 1.82) is 0 Å². The molecule has 0 N–H and O–H groups in total. The van der Waals surface area contributed by atoms with Gasteiger partial charge in [-0.3, -0.25) is 14.9 Å². The van der Waals surface area contributed by atoms with Crippen LogP contribution in [0.2, 0.25) is 0 Å². The first-order valence-electron chi connectivity index (χ1n) is 5.45. The molecule has 2 rings (SSSR count). The van der Waals surface area contributed by atoms with E-state index in [0.717, 1.165) is 19.3 Å². The highest BCUT2D eigenvalue weighted by atomic mass is 16.6. The van der Waals surface area contributed by atoms with Gasteiger partial charge in [-0.25, -0.2) is 4.68 Å². The molecule has 0 spiro atoms. The Bertz CT molecular complexity index is 417. The van der Waals surface area contributed by atoms with Crippen LogP contribution in [-0.4, -0.2) is 27.1 Å². The Morgan fingerprint density at radius 1 is 1.65 bits per heavy atom. The molecule has 7 heteroatoms. The third-order valence-electron chi connectivity index (χ3n) is 2.69. The first kappa shape index (κ1) is 11.7. The van der Waals surface area contributed by atoms with Gasteiger partial charge in [0.1, 0.15) is 12.4 Å². The van der Waals surface area contributed by atoms with E-state index in [2.05, 4.69) is 5.10 Å². The third kappa shape index (κ3) is 2.33. The molecular weight excluding hydrogens is 226 g/mol. The fraction of sp³-hybridized carbons (Fsp3) is 0.600. The molecule has 2 heterocycles. The highest BCUT2D eigenvalue weighted by Gasteiger charge is 2.26. The summed E-state index contributed by atoms with van der Waals surface area (Å²) in [4.78, 5) is 21.4. The van der Waals surface area contributed by atoms with Crippen molar-refractivity contribution in [2.45, 2.75) is 32.4 Å². The van der Waals surface area contributed by atoms with Crippen molar-refractivity contribution in [1.82, 2.24) is 9.78 Å². The minimum atomic E-state index is -0.594. The maximum absolute atomic E-state index is 11.2. The van der Waals surface area contributed by atoms with Crippen molar-refractivity contribution in [2.75, 3.05) is 6.61 Å². The molecule has 17 heavy (non-hydrogen) atoms. The summed E-state index contributed by atoms with van der Waals surface area (Å²) in [7, 11) is 0. The Labute approximate surface area is 97.5 Å². The second-order valence-corrected chi connectivity index (χ2v) is 3.98. The topological polar surface area (TPSA) is 87.3 Å². The number of aromatic nitrogens is 2. The zero-order valence-electron chi connectivity index (χ0n) is 9.46. The number of carbonyl (C=O) groups is 1. The van der Waals surface area contributed by atoms with E-state index in [9.17, 15) is 14.9 Å². The Hall–Kier alpha value is -1.76. The highest BCUT2D eigenvalue weighted by molar-refractivity contribution is 5.95. The zero-order chi connectivity index (χ0) is 12.4. The summed E-state index contributed by atoms with van der Waals surface area (Å²) in [5, 5.41) is 14.7. The smallest absolute Gasteiger partial charge is 0.318 e. The van der Waals surface area contributed by atoms with Crippen LogP contribution in [0.1, 0.15) is 42.9 Å². The van der Waals surface area contributed by atoms with Gasteiger partial charge in [0, 0.05) is 13.5 Å². The number of ketones is 1. The second-order valence-electron chi connectivity index (χ2n) is 3.98. The van der Waals surface area contributed by atoms with Crippen LogP contribution in [-0.2, 0) is 4.74 Å². The fourth-order valence-corrected chi connectivity index (χ4v) is 1.85. The van der Waals surface area contributed by atoms with Gasteiger partial charge in [0.2, 0.25) is 5.69 Å². The SMILES string of the molecule is CC(=O)c1nn(C2CCCCO2)cc1[N+](=O)[O-]. The second kappa shape index (κ2) is 4.62. The number of hydrogen-bond donors (Lipinski definition) is 0. The number of Topliss-reactive ketones (excluding diaryl/α,β-unsaturated/α-hetero) is 1. The lowest BCUT2D eigenvalue weighted by atomic mass is 10.2. The zero-order valence-corrected chi connectivity index (χ0v) is 9.46. The Balaban J connectivity index is 2.32. The summed E-state index contributed by atoms with van der Waals surface area (Å²) in [5.74, 6) is -0.411. The van der Waals surface area contributed by atoms with E-state index in [4.69, 9.17) is 4.74 Å². The Morgan fingerprint density at radius 2 is 2.41 bits per heavy atom. The van der Waals surface area contributed by atoms with Crippen LogP contribution in [0.4, 0.5) is 5.69 Å². The van der Waals surface area contributed by atoms with Gasteiger partial charge in [-0.2, -0.15) is 5.10 Å². The molecule has 92 valence electrons. The number of carbonyl (C=O) groups excluding carboxylic acids is 1. The molecule has 1 unspecified atom stereocenters. The Morgan fingerprint density at radius 3 is 2.88 bits per heavy atom. The lowest BCUT2D eigenvalue weighted by molar-refractivity contribution is -0.385. The summed E-state index contributed by atoms with van der Waals surface area (Å²) >= 11 is 0. The molecule has 0 radical (unpaired) electrons. The summed E-state index contributed by atoms with van der Waals surface area (Å²) in [6.07, 6.45) is 3.71. The molecule has 0 aromatic carbocycles. The first-order valence-corrected chi connectivity index (χ1v) is 5.45. The van der Waals surface area contributed by atoms with Crippen molar-refractivity contribution in [2.24, 2.45) is 0 Å². The van der Waals surface area contributed by atoms with Crippen molar-refractivity contribution in [3.63, 3.8) is 0 Å². The van der Waals surface area contributed by atoms with Gasteiger partial charge in [-0.1, -0.05) is 0 Å². The molecular formula is C10H13N3O4. The summed E-state index contributed by atoms with van der Waals surface area (Å²) in [6, 6.07) is 0. The van der Waals surface area contributed by atoms with Crippen molar-refractivity contribution >= 4 is 11.5 Å². The maximum atomic E-state index is 11.2. The van der Waals surface area contributed by atoms with Gasteiger partial charge < -0.3 is 4.74 Å². The highest BCUT2D eigenvalue weighted by Crippen LogP contribution is 2.25. The quantitative estimate of drug-likeness (QED) is 0.455. The molecule has 0 bridgehead atoms. The van der Waals surface area contributed by atoms with Gasteiger partial charge in [0.05, 0.1) is 4.92 Å². The van der Waals surface area contributed by atoms with Crippen LogP contribution in [0.3, 0.4) is 0 Å². The molecule has 1 aromatic heterocycles. The number of rotatable bonds is 3. The molecule has 1 atom stereocenters. The molecule has 7 nitrogen and oxygen atoms in total. The molecule has 0 saturated carbocycles. The van der Waals surface area contributed by atoms with Crippen molar-refractivity contribution in [3.8, 4) is 0 Å². The van der Waals surface area contributed by atoms with E-state index in [1.807, 2.05) is 0 Å². The minimum absolute atomic E-state index is 0.107. The van der Waals surface area contributed by atoms with Crippen LogP contribution < -0.4 is 0 Å². The van der Waals surface area contributed by atoms with Crippen LogP contribution in [0.25, 0.3) is 0 Å². The number of ether oxygens (including phenoxy) is 1. The van der Waals surface area contributed by atoms with E-state index < -0.39 is 10.7 Å². The number of nitro groups is 1. The van der Waals surface area contributed by atoms with E-state index in [0.29, 0.717) is 6.61 Å². The summed E-state index contributed by atoms with van der Waals surface area (Å²) in [5.41, 5.74) is -0.365. The van der Waals surface area contributed by atoms with Crippen LogP contribution in [0, 0.1) is 10.1 Å². The lowest BCUT2D eigenvalue weighted by Gasteiger charge is -2.22.